The minimum absolute atomic E-state index is 0.0393. The smallest absolute Gasteiger partial charge is 0.267 e. The quantitative estimate of drug-likeness (QED) is 0.789. The molecule has 1 aromatic carbocycles. The molecule has 2 aromatic rings. The van der Waals surface area contributed by atoms with Crippen molar-refractivity contribution in [2.45, 2.75) is 19.8 Å². The zero-order chi connectivity index (χ0) is 14.4. The summed E-state index contributed by atoms with van der Waals surface area (Å²) in [5.41, 5.74) is 1.25. The van der Waals surface area contributed by atoms with Gasteiger partial charge in [-0.15, -0.1) is 0 Å². The Labute approximate surface area is 114 Å². The van der Waals surface area contributed by atoms with E-state index < -0.39 is 6.89 Å². The normalized spacial score (nSPS) is 12.3. The highest BCUT2D eigenvalue weighted by atomic mass is 31.2. The summed E-state index contributed by atoms with van der Waals surface area (Å²) >= 11 is 0. The summed E-state index contributed by atoms with van der Waals surface area (Å²) in [6, 6.07) is 4.00. The predicted molar refractivity (Wildman–Crippen MR) is 86.6 cm³/mol. The Kier molecular flexibility index (Phi) is 3.44. The van der Waals surface area contributed by atoms with Crippen LogP contribution in [-0.4, -0.2) is 29.4 Å². The monoisotopic (exact) mass is 276 g/mol. The van der Waals surface area contributed by atoms with Crippen LogP contribution in [-0.2, 0) is 7.05 Å². The van der Waals surface area contributed by atoms with E-state index in [0.717, 1.165) is 10.8 Å². The van der Waals surface area contributed by atoms with Crippen molar-refractivity contribution in [3.8, 4) is 0 Å². The topological polar surface area (TPSA) is 34.9 Å². The molecule has 0 bridgehead atoms. The summed E-state index contributed by atoms with van der Waals surface area (Å²) in [6.45, 7) is 7.24. The number of aromatic nitrogens is 2. The summed E-state index contributed by atoms with van der Waals surface area (Å²) in [5, 5.41) is 7.14. The summed E-state index contributed by atoms with van der Waals surface area (Å²) in [5.74, 6) is 0.421. The van der Waals surface area contributed by atoms with E-state index in [9.17, 15) is 4.79 Å². The first kappa shape index (κ1) is 14.1. The lowest BCUT2D eigenvalue weighted by atomic mass is 10.0. The summed E-state index contributed by atoms with van der Waals surface area (Å²) in [4.78, 5) is 12.2. The lowest BCUT2D eigenvalue weighted by molar-refractivity contribution is 0.718. The van der Waals surface area contributed by atoms with Gasteiger partial charge in [0, 0.05) is 12.4 Å². The van der Waals surface area contributed by atoms with E-state index in [1.54, 1.807) is 7.05 Å². The van der Waals surface area contributed by atoms with Gasteiger partial charge in [0.1, 0.15) is 0 Å². The van der Waals surface area contributed by atoms with E-state index in [1.165, 1.54) is 15.5 Å². The van der Waals surface area contributed by atoms with Crippen molar-refractivity contribution >= 4 is 29.3 Å². The largest absolute Gasteiger partial charge is 0.274 e. The number of hydrogen-bond donors (Lipinski definition) is 0. The van der Waals surface area contributed by atoms with Crippen molar-refractivity contribution in [2.75, 3.05) is 13.3 Å². The molecule has 0 aliphatic heterocycles. The van der Waals surface area contributed by atoms with Gasteiger partial charge in [-0.25, -0.2) is 4.68 Å². The van der Waals surface area contributed by atoms with E-state index in [-0.39, 0.29) is 5.56 Å². The van der Waals surface area contributed by atoms with Crippen LogP contribution in [0.1, 0.15) is 25.3 Å². The Balaban J connectivity index is 3.02. The molecule has 3 nitrogen and oxygen atoms in total. The van der Waals surface area contributed by atoms with Gasteiger partial charge in [-0.1, -0.05) is 33.1 Å². The van der Waals surface area contributed by atoms with Gasteiger partial charge in [0.05, 0.1) is 11.6 Å². The van der Waals surface area contributed by atoms with Crippen LogP contribution in [0.4, 0.5) is 0 Å². The first-order valence-corrected chi connectivity index (χ1v) is 9.28. The first-order chi connectivity index (χ1) is 8.73. The molecule has 0 saturated carbocycles. The molecule has 19 heavy (non-hydrogen) atoms. The van der Waals surface area contributed by atoms with Crippen LogP contribution < -0.4 is 10.9 Å². The first-order valence-electron chi connectivity index (χ1n) is 6.41. The third-order valence-electron chi connectivity index (χ3n) is 3.36. The van der Waals surface area contributed by atoms with E-state index in [0.29, 0.717) is 5.92 Å². The van der Waals surface area contributed by atoms with Crippen molar-refractivity contribution in [1.29, 1.82) is 0 Å². The van der Waals surface area contributed by atoms with Crippen molar-refractivity contribution in [1.82, 2.24) is 9.78 Å². The Morgan fingerprint density at radius 1 is 1.26 bits per heavy atom. The lowest BCUT2D eigenvalue weighted by Gasteiger charge is -2.22. The van der Waals surface area contributed by atoms with Crippen LogP contribution >= 0.6 is 6.89 Å². The van der Waals surface area contributed by atoms with Gasteiger partial charge in [-0.05, 0) is 36.2 Å². The van der Waals surface area contributed by atoms with Crippen LogP contribution in [0.15, 0.2) is 23.1 Å². The Bertz CT molecular complexity index is 738. The second-order valence-electron chi connectivity index (χ2n) is 5.88. The fourth-order valence-corrected chi connectivity index (χ4v) is 4.32. The zero-order valence-corrected chi connectivity index (χ0v) is 13.2. The molecule has 102 valence electrons. The van der Waals surface area contributed by atoms with Crippen LogP contribution in [0.3, 0.4) is 0 Å². The molecule has 4 heteroatoms. The van der Waals surface area contributed by atoms with E-state index in [4.69, 9.17) is 0 Å². The van der Waals surface area contributed by atoms with Gasteiger partial charge in [0.2, 0.25) is 0 Å². The predicted octanol–water partition coefficient (Wildman–Crippen LogP) is 2.39. The van der Waals surface area contributed by atoms with E-state index >= 15 is 0 Å². The summed E-state index contributed by atoms with van der Waals surface area (Å²) in [6.07, 6.45) is 6.17. The number of rotatable bonds is 2. The SMILES string of the molecule is C=P(C)(C)c1c(C(C)C)ccc2c(=O)n(C)ncc12. The molecule has 2 rings (SSSR count). The molecule has 0 atom stereocenters. The fourth-order valence-electron chi connectivity index (χ4n) is 2.45. The second-order valence-corrected chi connectivity index (χ2v) is 9.69. The fraction of sp³-hybridized carbons (Fsp3) is 0.400. The molecule has 0 spiro atoms. The number of benzene rings is 1. The van der Waals surface area contributed by atoms with Gasteiger partial charge in [-0.3, -0.25) is 4.79 Å². The maximum atomic E-state index is 12.2. The van der Waals surface area contributed by atoms with Crippen LogP contribution in [0.2, 0.25) is 0 Å². The number of hydrogen-bond acceptors (Lipinski definition) is 2. The van der Waals surface area contributed by atoms with Gasteiger partial charge < -0.3 is 0 Å². The van der Waals surface area contributed by atoms with E-state index in [1.807, 2.05) is 12.3 Å². The molecule has 1 aromatic heterocycles. The number of aryl methyl sites for hydroxylation is 1. The molecule has 0 aliphatic rings. The van der Waals surface area contributed by atoms with Gasteiger partial charge in [-0.2, -0.15) is 5.10 Å². The zero-order valence-electron chi connectivity index (χ0n) is 12.3. The van der Waals surface area contributed by atoms with Gasteiger partial charge in [0.15, 0.2) is 0 Å². The van der Waals surface area contributed by atoms with Gasteiger partial charge in [0.25, 0.3) is 5.56 Å². The van der Waals surface area contributed by atoms with Crippen molar-refractivity contribution in [3.05, 3.63) is 34.2 Å². The maximum absolute atomic E-state index is 12.2. The Morgan fingerprint density at radius 2 is 1.89 bits per heavy atom. The van der Waals surface area contributed by atoms with Crippen LogP contribution in [0.25, 0.3) is 10.8 Å². The summed E-state index contributed by atoms with van der Waals surface area (Å²) < 4.78 is 1.38. The standard InChI is InChI=1S/C15H21N2OP/c1-10(2)11-7-8-12-13(14(11)19(4,5)6)9-16-17(3)15(12)18/h7-10H,4H2,1-3,5-6H3. The third-order valence-corrected chi connectivity index (χ3v) is 5.07. The second kappa shape index (κ2) is 4.64. The minimum atomic E-state index is -1.48. The van der Waals surface area contributed by atoms with Crippen molar-refractivity contribution in [2.24, 2.45) is 7.05 Å². The average molecular weight is 276 g/mol. The maximum Gasteiger partial charge on any atom is 0.274 e. The van der Waals surface area contributed by atoms with Crippen LogP contribution in [0.5, 0.6) is 0 Å². The molecular formula is C15H21N2OP. The van der Waals surface area contributed by atoms with Crippen molar-refractivity contribution < 1.29 is 0 Å². The third kappa shape index (κ3) is 2.40. The number of fused-ring (bicyclic) bond motifs is 1. The minimum Gasteiger partial charge on any atom is -0.267 e. The molecular weight excluding hydrogens is 255 g/mol. The molecule has 0 radical (unpaired) electrons. The molecule has 0 unspecified atom stereocenters. The molecule has 0 N–H and O–H groups in total. The molecule has 1 heterocycles. The molecule has 0 aliphatic carbocycles. The highest BCUT2D eigenvalue weighted by Crippen LogP contribution is 2.39. The molecule has 0 amide bonds. The average Bonchev–Trinajstić information content (AvgIpc) is 2.31. The number of nitrogens with zero attached hydrogens (tertiary/aromatic N) is 2. The highest BCUT2D eigenvalue weighted by molar-refractivity contribution is 7.79. The molecule has 0 saturated heterocycles. The van der Waals surface area contributed by atoms with Crippen molar-refractivity contribution in [3.63, 3.8) is 0 Å². The Hall–Kier alpha value is -1.34. The Morgan fingerprint density at radius 3 is 2.42 bits per heavy atom. The molecule has 0 fully saturated rings. The van der Waals surface area contributed by atoms with Crippen LogP contribution in [0, 0.1) is 0 Å². The highest BCUT2D eigenvalue weighted by Gasteiger charge is 2.18. The lowest BCUT2D eigenvalue weighted by Crippen LogP contribution is -2.23. The van der Waals surface area contributed by atoms with E-state index in [2.05, 4.69) is 44.6 Å². The summed E-state index contributed by atoms with van der Waals surface area (Å²) in [7, 11) is 1.68. The van der Waals surface area contributed by atoms with Gasteiger partial charge >= 0.3 is 0 Å².